The van der Waals surface area contributed by atoms with Crippen molar-refractivity contribution in [1.82, 2.24) is 4.98 Å². The molecule has 1 fully saturated rings. The van der Waals surface area contributed by atoms with Crippen LogP contribution in [0.4, 0.5) is 13.2 Å². The number of esters is 1. The zero-order chi connectivity index (χ0) is 16.8. The molecule has 0 bridgehead atoms. The van der Waals surface area contributed by atoms with Gasteiger partial charge in [-0.3, -0.25) is 4.79 Å². The summed E-state index contributed by atoms with van der Waals surface area (Å²) in [7, 11) is 0. The fourth-order valence-corrected chi connectivity index (χ4v) is 3.06. The molecule has 0 aliphatic heterocycles. The molecule has 0 amide bonds. The van der Waals surface area contributed by atoms with Crippen LogP contribution in [0, 0.1) is 29.5 Å². The maximum atomic E-state index is 13.4. The van der Waals surface area contributed by atoms with Crippen molar-refractivity contribution < 1.29 is 22.7 Å². The van der Waals surface area contributed by atoms with E-state index in [1.54, 1.807) is 0 Å². The maximum absolute atomic E-state index is 13.4. The SMILES string of the molecule is CCCCCC1CCC(C(=O)Oc2cc(F)c(F)nc2F)CC1. The zero-order valence-electron chi connectivity index (χ0n) is 13.3. The van der Waals surface area contributed by atoms with E-state index < -0.39 is 29.4 Å². The molecule has 0 saturated heterocycles. The highest BCUT2D eigenvalue weighted by Crippen LogP contribution is 2.33. The number of carbonyl (C=O) groups excluding carboxylic acids is 1. The second kappa shape index (κ2) is 8.31. The van der Waals surface area contributed by atoms with Crippen molar-refractivity contribution in [3.63, 3.8) is 0 Å². The van der Waals surface area contributed by atoms with Gasteiger partial charge in [-0.15, -0.1) is 0 Å². The van der Waals surface area contributed by atoms with Crippen LogP contribution in [0.25, 0.3) is 0 Å². The van der Waals surface area contributed by atoms with Crippen molar-refractivity contribution in [1.29, 1.82) is 0 Å². The van der Waals surface area contributed by atoms with Crippen molar-refractivity contribution >= 4 is 5.97 Å². The highest BCUT2D eigenvalue weighted by Gasteiger charge is 2.28. The van der Waals surface area contributed by atoms with Gasteiger partial charge >= 0.3 is 5.97 Å². The standard InChI is InChI=1S/C17H22F3NO2/c1-2-3-4-5-11-6-8-12(9-7-11)17(22)23-14-10-13(18)15(19)21-16(14)20/h10-12H,2-9H2,1H3. The van der Waals surface area contributed by atoms with E-state index in [2.05, 4.69) is 11.9 Å². The topological polar surface area (TPSA) is 39.2 Å². The van der Waals surface area contributed by atoms with Gasteiger partial charge in [-0.1, -0.05) is 32.6 Å². The summed E-state index contributed by atoms with van der Waals surface area (Å²) in [5, 5.41) is 0. The molecule has 0 spiro atoms. The number of carbonyl (C=O) groups is 1. The van der Waals surface area contributed by atoms with Gasteiger partial charge in [-0.05, 0) is 31.6 Å². The molecule has 1 aliphatic carbocycles. The van der Waals surface area contributed by atoms with Crippen LogP contribution in [0.5, 0.6) is 5.75 Å². The van der Waals surface area contributed by atoms with Crippen LogP contribution in [-0.4, -0.2) is 11.0 Å². The monoisotopic (exact) mass is 329 g/mol. The van der Waals surface area contributed by atoms with Crippen LogP contribution in [0.2, 0.25) is 0 Å². The number of ether oxygens (including phenoxy) is 1. The lowest BCUT2D eigenvalue weighted by Gasteiger charge is -2.27. The summed E-state index contributed by atoms with van der Waals surface area (Å²) in [5.74, 6) is -5.13. The minimum atomic E-state index is -1.55. The first-order valence-corrected chi connectivity index (χ1v) is 8.24. The lowest BCUT2D eigenvalue weighted by Crippen LogP contribution is -2.26. The Kier molecular flexibility index (Phi) is 6.42. The van der Waals surface area contributed by atoms with Crippen molar-refractivity contribution in [3.8, 4) is 5.75 Å². The van der Waals surface area contributed by atoms with Gasteiger partial charge in [-0.25, -0.2) is 4.39 Å². The van der Waals surface area contributed by atoms with E-state index in [1.165, 1.54) is 25.7 Å². The minimum Gasteiger partial charge on any atom is -0.421 e. The molecule has 1 saturated carbocycles. The van der Waals surface area contributed by atoms with Crippen LogP contribution in [-0.2, 0) is 4.79 Å². The predicted molar refractivity (Wildman–Crippen MR) is 79.3 cm³/mol. The van der Waals surface area contributed by atoms with E-state index in [0.29, 0.717) is 24.8 Å². The Labute approximate surface area is 134 Å². The Hall–Kier alpha value is -1.59. The molecule has 2 rings (SSSR count). The van der Waals surface area contributed by atoms with Crippen molar-refractivity contribution in [3.05, 3.63) is 23.8 Å². The molecule has 1 aromatic rings. The normalized spacial score (nSPS) is 21.2. The third-order valence-electron chi connectivity index (χ3n) is 4.46. The summed E-state index contributed by atoms with van der Waals surface area (Å²) in [6.07, 6.45) is 8.08. The fourth-order valence-electron chi connectivity index (χ4n) is 3.06. The quantitative estimate of drug-likeness (QED) is 0.428. The molecule has 1 aliphatic rings. The smallest absolute Gasteiger partial charge is 0.314 e. The molecule has 0 radical (unpaired) electrons. The molecule has 128 valence electrons. The first-order valence-electron chi connectivity index (χ1n) is 8.24. The average molecular weight is 329 g/mol. The maximum Gasteiger partial charge on any atom is 0.314 e. The van der Waals surface area contributed by atoms with Gasteiger partial charge in [0.2, 0.25) is 0 Å². The van der Waals surface area contributed by atoms with Gasteiger partial charge in [0.1, 0.15) is 0 Å². The van der Waals surface area contributed by atoms with Crippen molar-refractivity contribution in [2.45, 2.75) is 58.3 Å². The molecule has 0 aromatic carbocycles. The van der Waals surface area contributed by atoms with Gasteiger partial charge < -0.3 is 4.74 Å². The first kappa shape index (κ1) is 17.8. The molecule has 23 heavy (non-hydrogen) atoms. The Morgan fingerprint density at radius 3 is 2.52 bits per heavy atom. The molecule has 0 unspecified atom stereocenters. The number of halogens is 3. The summed E-state index contributed by atoms with van der Waals surface area (Å²) >= 11 is 0. The third-order valence-corrected chi connectivity index (χ3v) is 4.46. The molecule has 1 heterocycles. The Morgan fingerprint density at radius 1 is 1.17 bits per heavy atom. The third kappa shape index (κ3) is 4.94. The van der Waals surface area contributed by atoms with E-state index in [-0.39, 0.29) is 5.92 Å². The Morgan fingerprint density at radius 2 is 1.87 bits per heavy atom. The second-order valence-corrected chi connectivity index (χ2v) is 6.18. The Balaban J connectivity index is 1.85. The van der Waals surface area contributed by atoms with E-state index >= 15 is 0 Å². The van der Waals surface area contributed by atoms with Crippen LogP contribution < -0.4 is 4.74 Å². The first-order chi connectivity index (χ1) is 11.0. The van der Waals surface area contributed by atoms with Crippen molar-refractivity contribution in [2.75, 3.05) is 0 Å². The molecule has 1 aromatic heterocycles. The van der Waals surface area contributed by atoms with E-state index in [1.807, 2.05) is 0 Å². The van der Waals surface area contributed by atoms with Gasteiger partial charge in [0.15, 0.2) is 11.6 Å². The van der Waals surface area contributed by atoms with Gasteiger partial charge in [0, 0.05) is 6.07 Å². The molecular weight excluding hydrogens is 307 g/mol. The lowest BCUT2D eigenvalue weighted by atomic mass is 9.80. The minimum absolute atomic E-state index is 0.315. The van der Waals surface area contributed by atoms with Crippen LogP contribution in [0.3, 0.4) is 0 Å². The van der Waals surface area contributed by atoms with Crippen LogP contribution >= 0.6 is 0 Å². The molecular formula is C17H22F3NO2. The molecule has 0 atom stereocenters. The number of unbranched alkanes of at least 4 members (excludes halogenated alkanes) is 2. The Bertz CT molecular complexity index is 543. The number of aromatic nitrogens is 1. The van der Waals surface area contributed by atoms with E-state index in [9.17, 15) is 18.0 Å². The average Bonchev–Trinajstić information content (AvgIpc) is 2.53. The number of hydrogen-bond acceptors (Lipinski definition) is 3. The number of rotatable bonds is 6. The van der Waals surface area contributed by atoms with E-state index in [4.69, 9.17) is 4.74 Å². The summed E-state index contributed by atoms with van der Waals surface area (Å²) in [6.45, 7) is 2.17. The summed E-state index contributed by atoms with van der Waals surface area (Å²) in [4.78, 5) is 14.8. The van der Waals surface area contributed by atoms with Gasteiger partial charge in [-0.2, -0.15) is 13.8 Å². The summed E-state index contributed by atoms with van der Waals surface area (Å²) < 4.78 is 44.1. The number of pyridine rings is 1. The molecule has 3 nitrogen and oxygen atoms in total. The molecule has 6 heteroatoms. The zero-order valence-corrected chi connectivity index (χ0v) is 13.3. The number of hydrogen-bond donors (Lipinski definition) is 0. The van der Waals surface area contributed by atoms with Crippen LogP contribution in [0.1, 0.15) is 58.3 Å². The predicted octanol–water partition coefficient (Wildman–Crippen LogP) is 4.79. The van der Waals surface area contributed by atoms with Gasteiger partial charge in [0.25, 0.3) is 11.9 Å². The largest absolute Gasteiger partial charge is 0.421 e. The molecule has 0 N–H and O–H groups in total. The fraction of sp³-hybridized carbons (Fsp3) is 0.647. The summed E-state index contributed by atoms with van der Waals surface area (Å²) in [6, 6.07) is 0.520. The van der Waals surface area contributed by atoms with E-state index in [0.717, 1.165) is 12.8 Å². The highest BCUT2D eigenvalue weighted by atomic mass is 19.2. The second-order valence-electron chi connectivity index (χ2n) is 6.18. The summed E-state index contributed by atoms with van der Waals surface area (Å²) in [5.41, 5.74) is 0. The number of nitrogens with zero attached hydrogens (tertiary/aromatic N) is 1. The van der Waals surface area contributed by atoms with Crippen molar-refractivity contribution in [2.24, 2.45) is 11.8 Å². The van der Waals surface area contributed by atoms with Gasteiger partial charge in [0.05, 0.1) is 5.92 Å². The van der Waals surface area contributed by atoms with Crippen LogP contribution in [0.15, 0.2) is 6.07 Å². The lowest BCUT2D eigenvalue weighted by molar-refractivity contribution is -0.140. The highest BCUT2D eigenvalue weighted by molar-refractivity contribution is 5.75.